The Morgan fingerprint density at radius 2 is 1.71 bits per heavy atom. The summed E-state index contributed by atoms with van der Waals surface area (Å²) < 4.78 is 0. The normalized spacial score (nSPS) is 10.5. The van der Waals surface area contributed by atoms with Gasteiger partial charge in [0.05, 0.1) is 0 Å². The fourth-order valence-corrected chi connectivity index (χ4v) is 2.35. The van der Waals surface area contributed by atoms with E-state index >= 15 is 0 Å². The summed E-state index contributed by atoms with van der Waals surface area (Å²) in [5.41, 5.74) is 3.50. The van der Waals surface area contributed by atoms with Gasteiger partial charge in [0.2, 0.25) is 0 Å². The summed E-state index contributed by atoms with van der Waals surface area (Å²) in [6.45, 7) is 9.08. The summed E-state index contributed by atoms with van der Waals surface area (Å²) in [7, 11) is 0. The van der Waals surface area contributed by atoms with Gasteiger partial charge in [-0.25, -0.2) is 9.97 Å². The Morgan fingerprint density at radius 1 is 1.00 bits per heavy atom. The standard InChI is InChI=1S/C17H24N4/c1-5-9-14-10-7-8-11-15(14)21-17-12(3)16(18-6-2)19-13(4)20-17/h7-8,10-11H,5-6,9H2,1-4H3,(H2,18,19,20,21). The predicted octanol–water partition coefficient (Wildman–Crippen LogP) is 4.22. The highest BCUT2D eigenvalue weighted by atomic mass is 15.1. The van der Waals surface area contributed by atoms with Crippen LogP contribution in [0.5, 0.6) is 0 Å². The SMILES string of the molecule is CCCc1ccccc1Nc1nc(C)nc(NCC)c1C. The van der Waals surface area contributed by atoms with Crippen molar-refractivity contribution in [1.29, 1.82) is 0 Å². The van der Waals surface area contributed by atoms with Crippen LogP contribution in [0.15, 0.2) is 24.3 Å². The molecule has 112 valence electrons. The molecule has 2 rings (SSSR count). The maximum Gasteiger partial charge on any atom is 0.139 e. The van der Waals surface area contributed by atoms with E-state index in [0.717, 1.165) is 48.1 Å². The van der Waals surface area contributed by atoms with Gasteiger partial charge in [-0.1, -0.05) is 31.5 Å². The average Bonchev–Trinajstić information content (AvgIpc) is 2.46. The summed E-state index contributed by atoms with van der Waals surface area (Å²) in [6.07, 6.45) is 2.19. The zero-order valence-corrected chi connectivity index (χ0v) is 13.3. The molecule has 0 bridgehead atoms. The maximum atomic E-state index is 4.55. The van der Waals surface area contributed by atoms with Crippen LogP contribution in [0.1, 0.15) is 37.2 Å². The van der Waals surface area contributed by atoms with Gasteiger partial charge in [0.15, 0.2) is 0 Å². The zero-order valence-electron chi connectivity index (χ0n) is 13.3. The van der Waals surface area contributed by atoms with E-state index in [2.05, 4.69) is 58.7 Å². The quantitative estimate of drug-likeness (QED) is 0.833. The van der Waals surface area contributed by atoms with Crippen molar-refractivity contribution in [2.75, 3.05) is 17.2 Å². The third-order valence-electron chi connectivity index (χ3n) is 3.39. The van der Waals surface area contributed by atoms with Crippen LogP contribution >= 0.6 is 0 Å². The molecule has 0 saturated heterocycles. The molecule has 0 unspecified atom stereocenters. The van der Waals surface area contributed by atoms with Crippen molar-refractivity contribution in [2.24, 2.45) is 0 Å². The van der Waals surface area contributed by atoms with Crippen LogP contribution in [-0.2, 0) is 6.42 Å². The molecule has 0 spiro atoms. The molecule has 4 nitrogen and oxygen atoms in total. The summed E-state index contributed by atoms with van der Waals surface area (Å²) in [5.74, 6) is 2.55. The minimum atomic E-state index is 0.770. The highest BCUT2D eigenvalue weighted by molar-refractivity contribution is 5.67. The molecule has 0 atom stereocenters. The number of anilines is 3. The Morgan fingerprint density at radius 3 is 2.43 bits per heavy atom. The molecule has 2 N–H and O–H groups in total. The molecule has 0 radical (unpaired) electrons. The van der Waals surface area contributed by atoms with E-state index < -0.39 is 0 Å². The second kappa shape index (κ2) is 7.07. The van der Waals surface area contributed by atoms with Gasteiger partial charge in [0.25, 0.3) is 0 Å². The summed E-state index contributed by atoms with van der Waals surface area (Å²) in [6, 6.07) is 8.41. The van der Waals surface area contributed by atoms with Crippen LogP contribution in [-0.4, -0.2) is 16.5 Å². The topological polar surface area (TPSA) is 49.8 Å². The molecule has 0 amide bonds. The Balaban J connectivity index is 2.35. The summed E-state index contributed by atoms with van der Waals surface area (Å²) in [4.78, 5) is 9.01. The minimum absolute atomic E-state index is 0.770. The lowest BCUT2D eigenvalue weighted by Crippen LogP contribution is -2.08. The average molecular weight is 284 g/mol. The number of benzene rings is 1. The third kappa shape index (κ3) is 3.72. The van der Waals surface area contributed by atoms with E-state index in [4.69, 9.17) is 0 Å². The third-order valence-corrected chi connectivity index (χ3v) is 3.39. The largest absolute Gasteiger partial charge is 0.370 e. The summed E-state index contributed by atoms with van der Waals surface area (Å²) >= 11 is 0. The predicted molar refractivity (Wildman–Crippen MR) is 89.4 cm³/mol. The molecule has 0 saturated carbocycles. The summed E-state index contributed by atoms with van der Waals surface area (Å²) in [5, 5.41) is 6.77. The number of aryl methyl sites for hydroxylation is 2. The molecular formula is C17H24N4. The molecule has 1 aromatic heterocycles. The van der Waals surface area contributed by atoms with Crippen molar-refractivity contribution in [3.8, 4) is 0 Å². The number of para-hydroxylation sites is 1. The van der Waals surface area contributed by atoms with Crippen LogP contribution in [0.2, 0.25) is 0 Å². The molecule has 2 aromatic rings. The van der Waals surface area contributed by atoms with Crippen LogP contribution in [0, 0.1) is 13.8 Å². The lowest BCUT2D eigenvalue weighted by Gasteiger charge is -2.15. The lowest BCUT2D eigenvalue weighted by molar-refractivity contribution is 0.922. The van der Waals surface area contributed by atoms with E-state index in [1.54, 1.807) is 0 Å². The maximum absolute atomic E-state index is 4.55. The van der Waals surface area contributed by atoms with Crippen molar-refractivity contribution in [2.45, 2.75) is 40.5 Å². The molecule has 0 aliphatic heterocycles. The van der Waals surface area contributed by atoms with Crippen molar-refractivity contribution in [1.82, 2.24) is 9.97 Å². The van der Waals surface area contributed by atoms with E-state index in [9.17, 15) is 0 Å². The number of hydrogen-bond donors (Lipinski definition) is 2. The second-order valence-electron chi connectivity index (χ2n) is 5.16. The Bertz CT molecular complexity index is 608. The van der Waals surface area contributed by atoms with Crippen molar-refractivity contribution in [3.63, 3.8) is 0 Å². The number of aromatic nitrogens is 2. The molecule has 21 heavy (non-hydrogen) atoms. The van der Waals surface area contributed by atoms with Gasteiger partial charge in [-0.2, -0.15) is 0 Å². The number of rotatable bonds is 6. The van der Waals surface area contributed by atoms with Crippen LogP contribution in [0.25, 0.3) is 0 Å². The van der Waals surface area contributed by atoms with E-state index in [1.807, 2.05) is 13.8 Å². The molecule has 1 aromatic carbocycles. The number of nitrogens with zero attached hydrogens (tertiary/aromatic N) is 2. The minimum Gasteiger partial charge on any atom is -0.370 e. The number of hydrogen-bond acceptors (Lipinski definition) is 4. The van der Waals surface area contributed by atoms with Crippen LogP contribution in [0.3, 0.4) is 0 Å². The van der Waals surface area contributed by atoms with Crippen molar-refractivity contribution in [3.05, 3.63) is 41.2 Å². The zero-order chi connectivity index (χ0) is 15.2. The highest BCUT2D eigenvalue weighted by Gasteiger charge is 2.10. The van der Waals surface area contributed by atoms with Gasteiger partial charge in [0, 0.05) is 17.8 Å². The Hall–Kier alpha value is -2.10. The van der Waals surface area contributed by atoms with Gasteiger partial charge in [0.1, 0.15) is 17.5 Å². The monoisotopic (exact) mass is 284 g/mol. The van der Waals surface area contributed by atoms with Gasteiger partial charge >= 0.3 is 0 Å². The highest BCUT2D eigenvalue weighted by Crippen LogP contribution is 2.26. The van der Waals surface area contributed by atoms with Crippen molar-refractivity contribution < 1.29 is 0 Å². The van der Waals surface area contributed by atoms with Gasteiger partial charge in [-0.15, -0.1) is 0 Å². The van der Waals surface area contributed by atoms with Crippen molar-refractivity contribution >= 4 is 17.3 Å². The molecular weight excluding hydrogens is 260 g/mol. The van der Waals surface area contributed by atoms with E-state index in [0.29, 0.717) is 0 Å². The number of nitrogens with one attached hydrogen (secondary N) is 2. The molecule has 4 heteroatoms. The fourth-order valence-electron chi connectivity index (χ4n) is 2.35. The van der Waals surface area contributed by atoms with Gasteiger partial charge in [-0.05, 0) is 38.8 Å². The molecule has 0 fully saturated rings. The van der Waals surface area contributed by atoms with Gasteiger partial charge in [-0.3, -0.25) is 0 Å². The smallest absolute Gasteiger partial charge is 0.139 e. The second-order valence-corrected chi connectivity index (χ2v) is 5.16. The lowest BCUT2D eigenvalue weighted by atomic mass is 10.1. The molecule has 1 heterocycles. The Labute approximate surface area is 127 Å². The van der Waals surface area contributed by atoms with Crippen LogP contribution < -0.4 is 10.6 Å². The van der Waals surface area contributed by atoms with Gasteiger partial charge < -0.3 is 10.6 Å². The van der Waals surface area contributed by atoms with Crippen LogP contribution in [0.4, 0.5) is 17.3 Å². The van der Waals surface area contributed by atoms with E-state index in [-0.39, 0.29) is 0 Å². The molecule has 0 aliphatic carbocycles. The first-order valence-electron chi connectivity index (χ1n) is 7.59. The molecule has 0 aliphatic rings. The fraction of sp³-hybridized carbons (Fsp3) is 0.412. The first-order valence-corrected chi connectivity index (χ1v) is 7.59. The Kier molecular flexibility index (Phi) is 5.14. The first kappa shape index (κ1) is 15.3. The first-order chi connectivity index (χ1) is 10.2. The van der Waals surface area contributed by atoms with E-state index in [1.165, 1.54) is 5.56 Å².